The van der Waals surface area contributed by atoms with E-state index in [0.29, 0.717) is 19.3 Å². The van der Waals surface area contributed by atoms with Crippen molar-refractivity contribution < 1.29 is 28.6 Å². The van der Waals surface area contributed by atoms with Gasteiger partial charge in [0, 0.05) is 19.3 Å². The predicted molar refractivity (Wildman–Crippen MR) is 266 cm³/mol. The molecule has 0 amide bonds. The van der Waals surface area contributed by atoms with Gasteiger partial charge < -0.3 is 14.2 Å². The van der Waals surface area contributed by atoms with Crippen molar-refractivity contribution in [3.05, 3.63) is 24.3 Å². The van der Waals surface area contributed by atoms with Crippen LogP contribution in [0.3, 0.4) is 0 Å². The minimum absolute atomic E-state index is 0.0775. The van der Waals surface area contributed by atoms with Crippen molar-refractivity contribution in [2.45, 2.75) is 303 Å². The summed E-state index contributed by atoms with van der Waals surface area (Å²) >= 11 is 0. The molecule has 0 aromatic heterocycles. The van der Waals surface area contributed by atoms with Gasteiger partial charge in [0.15, 0.2) is 6.10 Å². The Bertz CT molecular complexity index is 1000. The van der Waals surface area contributed by atoms with Gasteiger partial charge in [0.2, 0.25) is 0 Å². The van der Waals surface area contributed by atoms with Gasteiger partial charge in [-0.1, -0.05) is 238 Å². The van der Waals surface area contributed by atoms with Crippen LogP contribution in [0.1, 0.15) is 297 Å². The van der Waals surface area contributed by atoms with Gasteiger partial charge >= 0.3 is 17.9 Å². The summed E-state index contributed by atoms with van der Waals surface area (Å²) < 4.78 is 16.8. The zero-order valence-corrected chi connectivity index (χ0v) is 41.7. The van der Waals surface area contributed by atoms with Crippen LogP contribution in [0.2, 0.25) is 0 Å². The number of carbonyl (C=O) groups is 3. The molecule has 0 fully saturated rings. The van der Waals surface area contributed by atoms with Crippen LogP contribution in [-0.2, 0) is 28.6 Å². The third kappa shape index (κ3) is 48.9. The number of ether oxygens (including phenoxy) is 3. The first kappa shape index (κ1) is 59.9. The summed E-state index contributed by atoms with van der Waals surface area (Å²) in [6.45, 7) is 6.61. The van der Waals surface area contributed by atoms with Gasteiger partial charge in [-0.05, 0) is 64.2 Å². The molecule has 0 aliphatic rings. The van der Waals surface area contributed by atoms with E-state index in [4.69, 9.17) is 14.2 Å². The lowest BCUT2D eigenvalue weighted by molar-refractivity contribution is -0.167. The van der Waals surface area contributed by atoms with Crippen molar-refractivity contribution >= 4 is 17.9 Å². The van der Waals surface area contributed by atoms with E-state index in [1.165, 1.54) is 199 Å². The second-order valence-electron chi connectivity index (χ2n) is 18.5. The van der Waals surface area contributed by atoms with Crippen LogP contribution in [0.15, 0.2) is 24.3 Å². The number of esters is 3. The molecule has 0 saturated carbocycles. The molecule has 0 heterocycles. The molecule has 0 radical (unpaired) electrons. The molecular formula is C56H104O6. The fourth-order valence-electron chi connectivity index (χ4n) is 8.03. The highest BCUT2D eigenvalue weighted by Crippen LogP contribution is 2.16. The molecule has 0 bridgehead atoms. The van der Waals surface area contributed by atoms with Crippen molar-refractivity contribution in [3.63, 3.8) is 0 Å². The van der Waals surface area contributed by atoms with Crippen LogP contribution in [0.5, 0.6) is 0 Å². The highest BCUT2D eigenvalue weighted by atomic mass is 16.6. The van der Waals surface area contributed by atoms with Gasteiger partial charge in [0.1, 0.15) is 13.2 Å². The summed E-state index contributed by atoms with van der Waals surface area (Å²) in [5.74, 6) is -0.904. The van der Waals surface area contributed by atoms with Crippen LogP contribution in [0.4, 0.5) is 0 Å². The van der Waals surface area contributed by atoms with Crippen molar-refractivity contribution in [1.29, 1.82) is 0 Å². The van der Waals surface area contributed by atoms with Crippen LogP contribution >= 0.6 is 0 Å². The number of hydrogen-bond donors (Lipinski definition) is 0. The summed E-state index contributed by atoms with van der Waals surface area (Å²) in [4.78, 5) is 37.9. The molecule has 1 atom stereocenters. The lowest BCUT2D eigenvalue weighted by Gasteiger charge is -2.18. The second-order valence-corrected chi connectivity index (χ2v) is 18.5. The molecule has 0 rings (SSSR count). The fraction of sp³-hybridized carbons (Fsp3) is 0.875. The first-order valence-electron chi connectivity index (χ1n) is 27.3. The molecule has 364 valence electrons. The highest BCUT2D eigenvalue weighted by Gasteiger charge is 2.19. The summed E-state index contributed by atoms with van der Waals surface area (Å²) in [6.07, 6.45) is 58.9. The van der Waals surface area contributed by atoms with Gasteiger partial charge in [-0.25, -0.2) is 0 Å². The molecular weight excluding hydrogens is 769 g/mol. The van der Waals surface area contributed by atoms with Crippen LogP contribution in [0, 0.1) is 0 Å². The minimum Gasteiger partial charge on any atom is -0.462 e. The van der Waals surface area contributed by atoms with E-state index in [0.717, 1.165) is 57.8 Å². The van der Waals surface area contributed by atoms with Crippen molar-refractivity contribution in [2.75, 3.05) is 13.2 Å². The van der Waals surface area contributed by atoms with E-state index < -0.39 is 6.10 Å². The Balaban J connectivity index is 4.27. The Kier molecular flexibility index (Phi) is 49.8. The minimum atomic E-state index is -0.779. The van der Waals surface area contributed by atoms with Gasteiger partial charge in [0.05, 0.1) is 0 Å². The molecule has 0 aromatic carbocycles. The lowest BCUT2D eigenvalue weighted by Crippen LogP contribution is -2.30. The average molecular weight is 873 g/mol. The topological polar surface area (TPSA) is 78.9 Å². The molecule has 0 aliphatic carbocycles. The maximum absolute atomic E-state index is 12.8. The van der Waals surface area contributed by atoms with Gasteiger partial charge in [0.25, 0.3) is 0 Å². The van der Waals surface area contributed by atoms with Crippen molar-refractivity contribution in [1.82, 2.24) is 0 Å². The van der Waals surface area contributed by atoms with Gasteiger partial charge in [-0.2, -0.15) is 0 Å². The average Bonchev–Trinajstić information content (AvgIpc) is 3.27. The predicted octanol–water partition coefficient (Wildman–Crippen LogP) is 17.9. The number of unbranched alkanes of at least 4 members (excludes halogenated alkanes) is 35. The van der Waals surface area contributed by atoms with E-state index >= 15 is 0 Å². The summed E-state index contributed by atoms with van der Waals surface area (Å²) in [5.41, 5.74) is 0. The quantitative estimate of drug-likeness (QED) is 0.0262. The highest BCUT2D eigenvalue weighted by molar-refractivity contribution is 5.71. The number of rotatable bonds is 50. The third-order valence-corrected chi connectivity index (χ3v) is 12.2. The maximum atomic E-state index is 12.8. The Morgan fingerprint density at radius 2 is 0.548 bits per heavy atom. The lowest BCUT2D eigenvalue weighted by atomic mass is 10.0. The monoisotopic (exact) mass is 873 g/mol. The first-order valence-corrected chi connectivity index (χ1v) is 27.3. The SMILES string of the molecule is CCCCCC/C=C\CCCC(=O)OCC(COC(=O)CCCCCCCCCCCCCCCCCCCC)OC(=O)CCCCCCCCC/C=C\CCCCCCCC. The third-order valence-electron chi connectivity index (χ3n) is 12.2. The summed E-state index contributed by atoms with van der Waals surface area (Å²) in [7, 11) is 0. The molecule has 0 aliphatic heterocycles. The van der Waals surface area contributed by atoms with E-state index in [1.807, 2.05) is 0 Å². The van der Waals surface area contributed by atoms with Crippen LogP contribution in [-0.4, -0.2) is 37.2 Å². The summed E-state index contributed by atoms with van der Waals surface area (Å²) in [6, 6.07) is 0. The molecule has 6 heteroatoms. The van der Waals surface area contributed by atoms with Crippen LogP contribution in [0.25, 0.3) is 0 Å². The molecule has 0 saturated heterocycles. The Hall–Kier alpha value is -2.11. The molecule has 6 nitrogen and oxygen atoms in total. The normalized spacial score (nSPS) is 12.1. The Morgan fingerprint density at radius 1 is 0.306 bits per heavy atom. The van der Waals surface area contributed by atoms with E-state index in [-0.39, 0.29) is 31.1 Å². The van der Waals surface area contributed by atoms with E-state index in [1.54, 1.807) is 0 Å². The molecule has 0 N–H and O–H groups in total. The molecule has 62 heavy (non-hydrogen) atoms. The van der Waals surface area contributed by atoms with Crippen molar-refractivity contribution in [3.8, 4) is 0 Å². The second kappa shape index (κ2) is 51.5. The largest absolute Gasteiger partial charge is 0.462 e. The van der Waals surface area contributed by atoms with E-state index in [2.05, 4.69) is 45.1 Å². The van der Waals surface area contributed by atoms with Crippen LogP contribution < -0.4 is 0 Å². The first-order chi connectivity index (χ1) is 30.5. The number of carbonyl (C=O) groups excluding carboxylic acids is 3. The Labute approximate surface area is 385 Å². The molecule has 0 aromatic rings. The Morgan fingerprint density at radius 3 is 0.887 bits per heavy atom. The maximum Gasteiger partial charge on any atom is 0.306 e. The number of hydrogen-bond acceptors (Lipinski definition) is 6. The summed E-state index contributed by atoms with van der Waals surface area (Å²) in [5, 5.41) is 0. The smallest absolute Gasteiger partial charge is 0.306 e. The zero-order valence-electron chi connectivity index (χ0n) is 41.7. The number of allylic oxidation sites excluding steroid dienone is 4. The molecule has 1 unspecified atom stereocenters. The fourth-order valence-corrected chi connectivity index (χ4v) is 8.03. The standard InChI is InChI=1S/C56H104O6/c1-4-7-10-13-16-19-21-23-25-27-29-30-32-34-37-40-43-46-49-55(58)61-52-53(51-60-54(57)48-45-42-39-36-18-15-12-9-6-3)62-56(59)50-47-44-41-38-35-33-31-28-26-24-22-20-17-14-11-8-5-2/h24,26,36,39,53H,4-23,25,27-35,37-38,40-52H2,1-3H3/b26-24-,39-36-. The zero-order chi connectivity index (χ0) is 45.1. The van der Waals surface area contributed by atoms with Crippen molar-refractivity contribution in [2.24, 2.45) is 0 Å². The molecule has 0 spiro atoms. The van der Waals surface area contributed by atoms with Gasteiger partial charge in [-0.15, -0.1) is 0 Å². The van der Waals surface area contributed by atoms with E-state index in [9.17, 15) is 14.4 Å². The van der Waals surface area contributed by atoms with Gasteiger partial charge in [-0.3, -0.25) is 14.4 Å².